The van der Waals surface area contributed by atoms with Gasteiger partial charge in [0.1, 0.15) is 6.17 Å². The molecule has 3 aliphatic rings. The maximum Gasteiger partial charge on any atom is 0.309 e. The number of carbonyl (C=O) groups is 1. The monoisotopic (exact) mass is 526 g/mol. The van der Waals surface area contributed by atoms with Crippen molar-refractivity contribution in [1.82, 2.24) is 0 Å². The third kappa shape index (κ3) is 6.67. The lowest BCUT2D eigenvalue weighted by Gasteiger charge is -2.50. The first-order valence-electron chi connectivity index (χ1n) is 16.4. The lowest BCUT2D eigenvalue weighted by Crippen LogP contribution is -2.47. The molecule has 3 fully saturated rings. The molecule has 0 heterocycles. The van der Waals surface area contributed by atoms with E-state index in [9.17, 15) is 9.90 Å². The van der Waals surface area contributed by atoms with Crippen molar-refractivity contribution >= 4 is 5.97 Å². The summed E-state index contributed by atoms with van der Waals surface area (Å²) >= 11 is 0. The summed E-state index contributed by atoms with van der Waals surface area (Å²) in [7, 11) is 0. The van der Waals surface area contributed by atoms with Crippen LogP contribution in [0.25, 0.3) is 0 Å². The maximum absolute atomic E-state index is 15.7. The van der Waals surface area contributed by atoms with Crippen molar-refractivity contribution in [3.8, 4) is 0 Å². The fraction of sp³-hybridized carbons (Fsp3) is 0.800. The van der Waals surface area contributed by atoms with Crippen molar-refractivity contribution in [2.24, 2.45) is 29.6 Å². The van der Waals surface area contributed by atoms with E-state index in [1.54, 1.807) is 0 Å². The quantitative estimate of drug-likeness (QED) is 0.291. The molecule has 214 valence electrons. The van der Waals surface area contributed by atoms with Crippen LogP contribution in [0.5, 0.6) is 0 Å². The van der Waals surface area contributed by atoms with Gasteiger partial charge in [-0.05, 0) is 85.7 Å². The fourth-order valence-electron chi connectivity index (χ4n) is 8.97. The van der Waals surface area contributed by atoms with Gasteiger partial charge in [-0.25, -0.2) is 4.39 Å². The predicted molar refractivity (Wildman–Crippen MR) is 156 cm³/mol. The minimum Gasteiger partial charge on any atom is -0.481 e. The largest absolute Gasteiger partial charge is 0.481 e. The van der Waals surface area contributed by atoms with Gasteiger partial charge in [-0.1, -0.05) is 109 Å². The van der Waals surface area contributed by atoms with Crippen molar-refractivity contribution in [2.75, 3.05) is 0 Å². The summed E-state index contributed by atoms with van der Waals surface area (Å²) in [5, 5.41) is 9.73. The van der Waals surface area contributed by atoms with Crippen molar-refractivity contribution in [3.63, 3.8) is 0 Å². The van der Waals surface area contributed by atoms with Crippen LogP contribution >= 0.6 is 0 Å². The minimum atomic E-state index is -1.25. The molecule has 0 amide bonds. The molecule has 1 aromatic rings. The van der Waals surface area contributed by atoms with E-state index in [-0.39, 0.29) is 5.41 Å². The van der Waals surface area contributed by atoms with E-state index >= 15 is 4.39 Å². The Balaban J connectivity index is 1.59. The van der Waals surface area contributed by atoms with Gasteiger partial charge in [0.05, 0.1) is 5.92 Å². The zero-order chi connectivity index (χ0) is 27.1. The summed E-state index contributed by atoms with van der Waals surface area (Å²) in [6.45, 7) is 7.01. The number of rotatable bonds is 11. The molecule has 0 radical (unpaired) electrons. The highest BCUT2D eigenvalue weighted by atomic mass is 19.1. The standard InChI is InChI=1S/C35H55FO2/c1-4-6-7-11-27-16-20-29(21-17-27)35(23-22-31(34(37)38)33(36)24-35)32-13-9-8-12-30(32)25(3)28-18-14-26(10-5-2)15-19-28/h8-9,12-13,25-29,31,33H,4-7,10-11,14-24H2,1-3H3,(H,37,38). The molecule has 0 bridgehead atoms. The Morgan fingerprint density at radius 3 is 2.21 bits per heavy atom. The van der Waals surface area contributed by atoms with Crippen LogP contribution in [-0.4, -0.2) is 17.2 Å². The Labute approximate surface area is 232 Å². The summed E-state index contributed by atoms with van der Waals surface area (Å²) in [4.78, 5) is 11.9. The number of alkyl halides is 1. The number of carboxylic acid groups (broad SMARTS) is 1. The van der Waals surface area contributed by atoms with E-state index in [1.165, 1.54) is 101 Å². The van der Waals surface area contributed by atoms with Gasteiger partial charge < -0.3 is 5.11 Å². The molecule has 3 heteroatoms. The minimum absolute atomic E-state index is 0.218. The first-order valence-corrected chi connectivity index (χ1v) is 16.4. The van der Waals surface area contributed by atoms with Crippen molar-refractivity contribution < 1.29 is 14.3 Å². The predicted octanol–water partition coefficient (Wildman–Crippen LogP) is 10.2. The van der Waals surface area contributed by atoms with E-state index in [2.05, 4.69) is 45.0 Å². The molecule has 0 aromatic heterocycles. The van der Waals surface area contributed by atoms with Crippen molar-refractivity contribution in [2.45, 2.75) is 147 Å². The lowest BCUT2D eigenvalue weighted by molar-refractivity contribution is -0.146. The van der Waals surface area contributed by atoms with Crippen LogP contribution in [0, 0.1) is 29.6 Å². The van der Waals surface area contributed by atoms with Gasteiger partial charge in [0, 0.05) is 5.41 Å². The van der Waals surface area contributed by atoms with Crippen LogP contribution in [0.3, 0.4) is 0 Å². The molecular formula is C35H55FO2. The van der Waals surface area contributed by atoms with Gasteiger partial charge in [-0.3, -0.25) is 4.79 Å². The summed E-state index contributed by atoms with van der Waals surface area (Å²) in [5.74, 6) is 1.57. The molecule has 0 aliphatic heterocycles. The molecule has 3 aliphatic carbocycles. The second-order valence-electron chi connectivity index (χ2n) is 13.5. The zero-order valence-electron chi connectivity index (χ0n) is 24.6. The normalized spacial score (nSPS) is 35.1. The number of benzene rings is 1. The Morgan fingerprint density at radius 1 is 0.921 bits per heavy atom. The van der Waals surface area contributed by atoms with Gasteiger partial charge in [-0.2, -0.15) is 0 Å². The lowest BCUT2D eigenvalue weighted by atomic mass is 9.54. The highest BCUT2D eigenvalue weighted by Crippen LogP contribution is 2.55. The van der Waals surface area contributed by atoms with Gasteiger partial charge in [0.2, 0.25) is 0 Å². The van der Waals surface area contributed by atoms with Crippen LogP contribution < -0.4 is 0 Å². The number of carboxylic acids is 1. The average molecular weight is 527 g/mol. The molecule has 0 saturated heterocycles. The van der Waals surface area contributed by atoms with E-state index < -0.39 is 18.1 Å². The van der Waals surface area contributed by atoms with Crippen LogP contribution in [0.15, 0.2) is 24.3 Å². The van der Waals surface area contributed by atoms with E-state index in [0.717, 1.165) is 18.3 Å². The number of hydrogen-bond donors (Lipinski definition) is 1. The molecule has 38 heavy (non-hydrogen) atoms. The highest BCUT2D eigenvalue weighted by Gasteiger charge is 2.50. The molecule has 4 rings (SSSR count). The first kappa shape index (κ1) is 29.6. The smallest absolute Gasteiger partial charge is 0.309 e. The number of hydrogen-bond acceptors (Lipinski definition) is 1. The average Bonchev–Trinajstić information content (AvgIpc) is 2.93. The van der Waals surface area contributed by atoms with Gasteiger partial charge in [-0.15, -0.1) is 0 Å². The summed E-state index contributed by atoms with van der Waals surface area (Å²) in [5.41, 5.74) is 2.60. The van der Waals surface area contributed by atoms with Crippen LogP contribution in [0.2, 0.25) is 0 Å². The van der Waals surface area contributed by atoms with Crippen molar-refractivity contribution in [3.05, 3.63) is 35.4 Å². The molecule has 1 N–H and O–H groups in total. The molecule has 2 nitrogen and oxygen atoms in total. The van der Waals surface area contributed by atoms with Crippen LogP contribution in [0.1, 0.15) is 147 Å². The van der Waals surface area contributed by atoms with Crippen LogP contribution in [-0.2, 0) is 10.2 Å². The first-order chi connectivity index (χ1) is 18.4. The fourth-order valence-corrected chi connectivity index (χ4v) is 8.97. The van der Waals surface area contributed by atoms with Crippen molar-refractivity contribution in [1.29, 1.82) is 0 Å². The SMILES string of the molecule is CCCCCC1CCC(C2(c3ccccc3C(C)C3CCC(CCC)CC3)CCC(C(=O)O)C(F)C2)CC1. The molecule has 0 spiro atoms. The Kier molecular flexibility index (Phi) is 10.7. The molecule has 4 atom stereocenters. The van der Waals surface area contributed by atoms with E-state index in [0.29, 0.717) is 30.6 Å². The second-order valence-corrected chi connectivity index (χ2v) is 13.5. The van der Waals surface area contributed by atoms with E-state index in [4.69, 9.17) is 0 Å². The number of unbranched alkanes of at least 4 members (excludes halogenated alkanes) is 2. The summed E-state index contributed by atoms with van der Waals surface area (Å²) in [6, 6.07) is 9.01. The van der Waals surface area contributed by atoms with E-state index in [1.807, 2.05) is 0 Å². The highest BCUT2D eigenvalue weighted by molar-refractivity contribution is 5.71. The number of halogens is 1. The summed E-state index contributed by atoms with van der Waals surface area (Å²) in [6.07, 6.45) is 18.6. The molecular weight excluding hydrogens is 471 g/mol. The Hall–Kier alpha value is -1.38. The van der Waals surface area contributed by atoms with Gasteiger partial charge in [0.15, 0.2) is 0 Å². The molecule has 1 aromatic carbocycles. The maximum atomic E-state index is 15.7. The Morgan fingerprint density at radius 2 is 1.58 bits per heavy atom. The molecule has 4 unspecified atom stereocenters. The zero-order valence-corrected chi connectivity index (χ0v) is 24.6. The van der Waals surface area contributed by atoms with Gasteiger partial charge >= 0.3 is 5.97 Å². The second kappa shape index (κ2) is 13.8. The third-order valence-corrected chi connectivity index (χ3v) is 11.3. The van der Waals surface area contributed by atoms with Gasteiger partial charge in [0.25, 0.3) is 0 Å². The molecule has 3 saturated carbocycles. The Bertz CT molecular complexity index is 866. The third-order valence-electron chi connectivity index (χ3n) is 11.3. The summed E-state index contributed by atoms with van der Waals surface area (Å²) < 4.78 is 15.7. The van der Waals surface area contributed by atoms with Crippen LogP contribution in [0.4, 0.5) is 4.39 Å². The number of aliphatic carboxylic acids is 1. The topological polar surface area (TPSA) is 37.3 Å².